The SMILES string of the molecule is CCCC(=O)C1(OC)CCCSC1. The summed E-state index contributed by atoms with van der Waals surface area (Å²) in [7, 11) is 1.67. The molecule has 1 fully saturated rings. The minimum Gasteiger partial charge on any atom is -0.370 e. The fourth-order valence-electron chi connectivity index (χ4n) is 1.72. The smallest absolute Gasteiger partial charge is 0.165 e. The molecule has 3 heteroatoms. The van der Waals surface area contributed by atoms with E-state index in [4.69, 9.17) is 4.74 Å². The van der Waals surface area contributed by atoms with E-state index in [1.54, 1.807) is 7.11 Å². The summed E-state index contributed by atoms with van der Waals surface area (Å²) in [5.41, 5.74) is -0.446. The normalized spacial score (nSPS) is 28.8. The van der Waals surface area contributed by atoms with Crippen LogP contribution in [0.25, 0.3) is 0 Å². The minimum absolute atomic E-state index is 0.296. The van der Waals surface area contributed by atoms with E-state index in [9.17, 15) is 4.79 Å². The van der Waals surface area contributed by atoms with Crippen molar-refractivity contribution in [1.29, 1.82) is 0 Å². The molecule has 0 aromatic heterocycles. The van der Waals surface area contributed by atoms with Crippen LogP contribution >= 0.6 is 11.8 Å². The Morgan fingerprint density at radius 1 is 1.62 bits per heavy atom. The lowest BCUT2D eigenvalue weighted by Crippen LogP contribution is -2.45. The number of rotatable bonds is 4. The molecule has 76 valence electrons. The molecule has 0 amide bonds. The van der Waals surface area contributed by atoms with Crippen LogP contribution in [0.15, 0.2) is 0 Å². The second-order valence-corrected chi connectivity index (χ2v) is 4.63. The van der Waals surface area contributed by atoms with Gasteiger partial charge in [0, 0.05) is 19.3 Å². The van der Waals surface area contributed by atoms with Gasteiger partial charge in [-0.3, -0.25) is 4.79 Å². The highest BCUT2D eigenvalue weighted by atomic mass is 32.2. The highest BCUT2D eigenvalue weighted by molar-refractivity contribution is 7.99. The lowest BCUT2D eigenvalue weighted by atomic mass is 9.91. The largest absolute Gasteiger partial charge is 0.370 e. The van der Waals surface area contributed by atoms with Gasteiger partial charge in [-0.2, -0.15) is 11.8 Å². The maximum atomic E-state index is 11.8. The summed E-state index contributed by atoms with van der Waals surface area (Å²) in [6, 6.07) is 0. The van der Waals surface area contributed by atoms with Crippen molar-refractivity contribution in [3.05, 3.63) is 0 Å². The predicted molar refractivity (Wildman–Crippen MR) is 56.2 cm³/mol. The van der Waals surface area contributed by atoms with Crippen LogP contribution in [-0.2, 0) is 9.53 Å². The molecule has 1 aliphatic rings. The maximum Gasteiger partial charge on any atom is 0.165 e. The first-order valence-electron chi connectivity index (χ1n) is 4.91. The van der Waals surface area contributed by atoms with Crippen LogP contribution < -0.4 is 0 Å². The maximum absolute atomic E-state index is 11.8. The van der Waals surface area contributed by atoms with Gasteiger partial charge in [-0.1, -0.05) is 6.92 Å². The Balaban J connectivity index is 2.61. The Morgan fingerprint density at radius 2 is 2.38 bits per heavy atom. The quantitative estimate of drug-likeness (QED) is 0.699. The molecule has 0 aliphatic carbocycles. The van der Waals surface area contributed by atoms with Crippen LogP contribution in [0.2, 0.25) is 0 Å². The third-order valence-electron chi connectivity index (χ3n) is 2.58. The standard InChI is InChI=1S/C10H18O2S/c1-3-5-9(11)10(12-2)6-4-7-13-8-10/h3-8H2,1-2H3. The molecular formula is C10H18O2S. The van der Waals surface area contributed by atoms with Crippen molar-refractivity contribution in [2.24, 2.45) is 0 Å². The second kappa shape index (κ2) is 5.01. The van der Waals surface area contributed by atoms with Crippen molar-refractivity contribution in [3.8, 4) is 0 Å². The van der Waals surface area contributed by atoms with E-state index >= 15 is 0 Å². The molecular weight excluding hydrogens is 184 g/mol. The van der Waals surface area contributed by atoms with E-state index in [0.717, 1.165) is 25.0 Å². The number of hydrogen-bond acceptors (Lipinski definition) is 3. The average Bonchev–Trinajstić information content (AvgIpc) is 2.19. The van der Waals surface area contributed by atoms with Gasteiger partial charge in [0.25, 0.3) is 0 Å². The van der Waals surface area contributed by atoms with E-state index in [1.807, 2.05) is 18.7 Å². The summed E-state index contributed by atoms with van der Waals surface area (Å²) in [4.78, 5) is 11.8. The molecule has 13 heavy (non-hydrogen) atoms. The Labute approximate surface area is 84.4 Å². The van der Waals surface area contributed by atoms with Gasteiger partial charge < -0.3 is 4.74 Å². The van der Waals surface area contributed by atoms with E-state index in [-0.39, 0.29) is 0 Å². The summed E-state index contributed by atoms with van der Waals surface area (Å²) < 4.78 is 5.42. The van der Waals surface area contributed by atoms with Gasteiger partial charge >= 0.3 is 0 Å². The molecule has 1 unspecified atom stereocenters. The molecule has 0 spiro atoms. The Bertz CT molecular complexity index is 174. The predicted octanol–water partition coefficient (Wildman–Crippen LogP) is 2.27. The van der Waals surface area contributed by atoms with Gasteiger partial charge in [0.1, 0.15) is 5.60 Å². The lowest BCUT2D eigenvalue weighted by molar-refractivity contribution is -0.139. The zero-order valence-electron chi connectivity index (χ0n) is 8.47. The zero-order chi connectivity index (χ0) is 9.73. The Morgan fingerprint density at radius 3 is 2.85 bits per heavy atom. The second-order valence-electron chi connectivity index (χ2n) is 3.53. The van der Waals surface area contributed by atoms with Gasteiger partial charge in [-0.25, -0.2) is 0 Å². The summed E-state index contributed by atoms with van der Waals surface area (Å²) in [6.07, 6.45) is 3.60. The van der Waals surface area contributed by atoms with Crippen molar-refractivity contribution in [3.63, 3.8) is 0 Å². The number of Topliss-reactive ketones (excluding diaryl/α,β-unsaturated/α-hetero) is 1. The molecule has 1 heterocycles. The highest BCUT2D eigenvalue weighted by Crippen LogP contribution is 2.31. The topological polar surface area (TPSA) is 26.3 Å². The van der Waals surface area contributed by atoms with Crippen molar-refractivity contribution >= 4 is 17.5 Å². The first-order valence-corrected chi connectivity index (χ1v) is 6.07. The first kappa shape index (κ1) is 11.1. The zero-order valence-corrected chi connectivity index (χ0v) is 9.28. The fourth-order valence-corrected chi connectivity index (χ4v) is 2.96. The molecule has 1 aliphatic heterocycles. The van der Waals surface area contributed by atoms with Gasteiger partial charge in [0.15, 0.2) is 5.78 Å². The highest BCUT2D eigenvalue weighted by Gasteiger charge is 2.38. The van der Waals surface area contributed by atoms with E-state index in [0.29, 0.717) is 12.2 Å². The number of carbonyl (C=O) groups is 1. The molecule has 0 saturated carbocycles. The summed E-state index contributed by atoms with van der Waals surface area (Å²) in [5.74, 6) is 2.32. The third kappa shape index (κ3) is 2.47. The van der Waals surface area contributed by atoms with Gasteiger partial charge in [-0.05, 0) is 25.0 Å². The van der Waals surface area contributed by atoms with E-state index in [2.05, 4.69) is 0 Å². The molecule has 0 bridgehead atoms. The number of ketones is 1. The van der Waals surface area contributed by atoms with Crippen LogP contribution in [0.1, 0.15) is 32.6 Å². The van der Waals surface area contributed by atoms with Crippen molar-refractivity contribution in [1.82, 2.24) is 0 Å². The average molecular weight is 202 g/mol. The van der Waals surface area contributed by atoms with Gasteiger partial charge in [0.2, 0.25) is 0 Å². The number of thioether (sulfide) groups is 1. The molecule has 0 aromatic rings. The molecule has 0 radical (unpaired) electrons. The van der Waals surface area contributed by atoms with Crippen LogP contribution in [0.3, 0.4) is 0 Å². The number of hydrogen-bond donors (Lipinski definition) is 0. The monoisotopic (exact) mass is 202 g/mol. The van der Waals surface area contributed by atoms with Crippen LogP contribution in [0.5, 0.6) is 0 Å². The number of methoxy groups -OCH3 is 1. The molecule has 1 atom stereocenters. The van der Waals surface area contributed by atoms with Crippen molar-refractivity contribution in [2.45, 2.75) is 38.2 Å². The molecule has 0 N–H and O–H groups in total. The lowest BCUT2D eigenvalue weighted by Gasteiger charge is -2.34. The Hall–Kier alpha value is -0.0200. The van der Waals surface area contributed by atoms with Gasteiger partial charge in [-0.15, -0.1) is 0 Å². The van der Waals surface area contributed by atoms with E-state index in [1.165, 1.54) is 5.75 Å². The fraction of sp³-hybridized carbons (Fsp3) is 0.900. The third-order valence-corrected chi connectivity index (χ3v) is 3.83. The number of carbonyl (C=O) groups excluding carboxylic acids is 1. The van der Waals surface area contributed by atoms with Crippen LogP contribution in [-0.4, -0.2) is 30.0 Å². The summed E-state index contributed by atoms with van der Waals surface area (Å²) >= 11 is 1.83. The first-order chi connectivity index (χ1) is 6.25. The van der Waals surface area contributed by atoms with Gasteiger partial charge in [0.05, 0.1) is 0 Å². The van der Waals surface area contributed by atoms with Crippen molar-refractivity contribution < 1.29 is 9.53 Å². The molecule has 1 rings (SSSR count). The number of ether oxygens (including phenoxy) is 1. The minimum atomic E-state index is -0.446. The summed E-state index contributed by atoms with van der Waals surface area (Å²) in [5, 5.41) is 0. The van der Waals surface area contributed by atoms with Crippen molar-refractivity contribution in [2.75, 3.05) is 18.6 Å². The molecule has 0 aromatic carbocycles. The Kier molecular flexibility index (Phi) is 4.26. The molecule has 1 saturated heterocycles. The summed E-state index contributed by atoms with van der Waals surface area (Å²) in [6.45, 7) is 2.04. The van der Waals surface area contributed by atoms with Crippen LogP contribution in [0.4, 0.5) is 0 Å². The van der Waals surface area contributed by atoms with Crippen LogP contribution in [0, 0.1) is 0 Å². The van der Waals surface area contributed by atoms with E-state index < -0.39 is 5.60 Å². The molecule has 2 nitrogen and oxygen atoms in total.